The van der Waals surface area contributed by atoms with E-state index < -0.39 is 0 Å². The molecule has 4 heteroatoms. The van der Waals surface area contributed by atoms with Crippen molar-refractivity contribution in [2.45, 2.75) is 71.6 Å². The first-order valence-corrected chi connectivity index (χ1v) is 8.54. The average Bonchev–Trinajstić information content (AvgIpc) is 2.93. The van der Waals surface area contributed by atoms with Crippen molar-refractivity contribution in [1.29, 1.82) is 0 Å². The molecule has 21 heavy (non-hydrogen) atoms. The molecule has 2 rings (SSSR count). The molecule has 0 saturated heterocycles. The highest BCUT2D eigenvalue weighted by molar-refractivity contribution is 5.17. The fraction of sp³-hybridized carbons (Fsp3) is 0.824. The van der Waals surface area contributed by atoms with Gasteiger partial charge < -0.3 is 10.1 Å². The summed E-state index contributed by atoms with van der Waals surface area (Å²) in [6.45, 7) is 11.4. The van der Waals surface area contributed by atoms with Crippen molar-refractivity contribution in [1.82, 2.24) is 15.1 Å². The molecule has 0 amide bonds. The van der Waals surface area contributed by atoms with Crippen LogP contribution in [0.5, 0.6) is 0 Å². The first-order valence-electron chi connectivity index (χ1n) is 8.54. The molecule has 3 unspecified atom stereocenters. The van der Waals surface area contributed by atoms with Crippen LogP contribution in [0.4, 0.5) is 0 Å². The number of nitrogens with one attached hydrogen (secondary N) is 1. The summed E-state index contributed by atoms with van der Waals surface area (Å²) in [5.74, 6) is 0.729. The lowest BCUT2D eigenvalue weighted by atomic mass is 9.73. The lowest BCUT2D eigenvalue weighted by Crippen LogP contribution is -2.49. The smallest absolute Gasteiger partial charge is 0.0879 e. The molecule has 4 nitrogen and oxygen atoms in total. The van der Waals surface area contributed by atoms with E-state index in [1.54, 1.807) is 0 Å². The number of likely N-dealkylation sites (N-methyl/N-ethyl adjacent to an activating group) is 1. The second kappa shape index (κ2) is 7.41. The van der Waals surface area contributed by atoms with Gasteiger partial charge in [0, 0.05) is 24.9 Å². The summed E-state index contributed by atoms with van der Waals surface area (Å²) in [6, 6.07) is 0.241. The molecule has 0 aliphatic heterocycles. The molecular weight excluding hydrogens is 262 g/mol. The third-order valence-electron chi connectivity index (χ3n) is 4.67. The predicted molar refractivity (Wildman–Crippen MR) is 86.3 cm³/mol. The fourth-order valence-corrected chi connectivity index (χ4v) is 3.82. The van der Waals surface area contributed by atoms with Gasteiger partial charge in [0.1, 0.15) is 0 Å². The van der Waals surface area contributed by atoms with Gasteiger partial charge in [-0.15, -0.1) is 0 Å². The van der Waals surface area contributed by atoms with Crippen LogP contribution >= 0.6 is 0 Å². The van der Waals surface area contributed by atoms with E-state index in [0.717, 1.165) is 38.5 Å². The lowest BCUT2D eigenvalue weighted by Gasteiger charge is -2.45. The molecule has 0 aromatic carbocycles. The minimum Gasteiger partial charge on any atom is -0.373 e. The summed E-state index contributed by atoms with van der Waals surface area (Å²) in [4.78, 5) is 0. The zero-order valence-electron chi connectivity index (χ0n) is 14.1. The number of nitrogens with zero attached hydrogens (tertiary/aromatic N) is 2. The Labute approximate surface area is 129 Å². The molecule has 1 fully saturated rings. The highest BCUT2D eigenvalue weighted by atomic mass is 16.5. The second-order valence-electron chi connectivity index (χ2n) is 6.32. The summed E-state index contributed by atoms with van der Waals surface area (Å²) in [5, 5.41) is 8.14. The zero-order valence-corrected chi connectivity index (χ0v) is 14.1. The topological polar surface area (TPSA) is 39.1 Å². The summed E-state index contributed by atoms with van der Waals surface area (Å²) in [5.41, 5.74) is 1.19. The van der Waals surface area contributed by atoms with E-state index in [0.29, 0.717) is 0 Å². The van der Waals surface area contributed by atoms with Crippen molar-refractivity contribution in [3.63, 3.8) is 0 Å². The van der Waals surface area contributed by atoms with E-state index in [1.165, 1.54) is 18.4 Å². The minimum absolute atomic E-state index is 0.0793. The van der Waals surface area contributed by atoms with Gasteiger partial charge in [0.15, 0.2) is 0 Å². The van der Waals surface area contributed by atoms with E-state index in [-0.39, 0.29) is 11.6 Å². The van der Waals surface area contributed by atoms with Crippen molar-refractivity contribution in [2.24, 2.45) is 5.92 Å². The maximum absolute atomic E-state index is 6.35. The van der Waals surface area contributed by atoms with E-state index in [2.05, 4.69) is 44.3 Å². The van der Waals surface area contributed by atoms with E-state index in [4.69, 9.17) is 4.74 Å². The molecule has 1 N–H and O–H groups in total. The van der Waals surface area contributed by atoms with E-state index in [1.807, 2.05) is 10.9 Å². The van der Waals surface area contributed by atoms with Gasteiger partial charge in [-0.25, -0.2) is 0 Å². The van der Waals surface area contributed by atoms with Gasteiger partial charge >= 0.3 is 0 Å². The molecule has 1 aliphatic carbocycles. The first-order chi connectivity index (χ1) is 10.1. The number of hydrogen-bond acceptors (Lipinski definition) is 3. The van der Waals surface area contributed by atoms with Crippen molar-refractivity contribution >= 4 is 0 Å². The Balaban J connectivity index is 2.31. The van der Waals surface area contributed by atoms with Gasteiger partial charge in [-0.05, 0) is 39.2 Å². The molecule has 1 aromatic heterocycles. The quantitative estimate of drug-likeness (QED) is 0.836. The molecule has 1 aliphatic rings. The van der Waals surface area contributed by atoms with Crippen molar-refractivity contribution in [2.75, 3.05) is 13.2 Å². The highest BCUT2D eigenvalue weighted by Crippen LogP contribution is 2.43. The Morgan fingerprint density at radius 1 is 1.48 bits per heavy atom. The Hall–Kier alpha value is -0.870. The van der Waals surface area contributed by atoms with Crippen LogP contribution in [-0.4, -0.2) is 28.5 Å². The molecule has 0 spiro atoms. The molecule has 0 radical (unpaired) electrons. The Bertz CT molecular complexity index is 427. The Morgan fingerprint density at radius 3 is 2.86 bits per heavy atom. The third kappa shape index (κ3) is 3.67. The van der Waals surface area contributed by atoms with Gasteiger partial charge in [-0.3, -0.25) is 4.68 Å². The van der Waals surface area contributed by atoms with Crippen LogP contribution in [0.25, 0.3) is 0 Å². The number of rotatable bonds is 7. The molecule has 1 aromatic rings. The van der Waals surface area contributed by atoms with Crippen molar-refractivity contribution in [3.05, 3.63) is 18.0 Å². The summed E-state index contributed by atoms with van der Waals surface area (Å²) in [7, 11) is 0. The van der Waals surface area contributed by atoms with Crippen molar-refractivity contribution < 1.29 is 4.74 Å². The molecular formula is C17H31N3O. The molecule has 0 bridgehead atoms. The SMILES string of the molecule is CCNC(c1cnn(CC)c1)C1(OCC)CCCC(C)C1. The van der Waals surface area contributed by atoms with Crippen LogP contribution in [0.1, 0.15) is 65.0 Å². The van der Waals surface area contributed by atoms with Gasteiger partial charge in [0.2, 0.25) is 0 Å². The highest BCUT2D eigenvalue weighted by Gasteiger charge is 2.43. The van der Waals surface area contributed by atoms with Gasteiger partial charge in [-0.2, -0.15) is 5.10 Å². The van der Waals surface area contributed by atoms with E-state index in [9.17, 15) is 0 Å². The van der Waals surface area contributed by atoms with Crippen molar-refractivity contribution in [3.8, 4) is 0 Å². The summed E-state index contributed by atoms with van der Waals surface area (Å²) >= 11 is 0. The van der Waals surface area contributed by atoms with Crippen LogP contribution in [0, 0.1) is 5.92 Å². The third-order valence-corrected chi connectivity index (χ3v) is 4.67. The van der Waals surface area contributed by atoms with Crippen LogP contribution in [0.3, 0.4) is 0 Å². The second-order valence-corrected chi connectivity index (χ2v) is 6.32. The monoisotopic (exact) mass is 293 g/mol. The molecule has 3 atom stereocenters. The lowest BCUT2D eigenvalue weighted by molar-refractivity contribution is -0.101. The first kappa shape index (κ1) is 16.5. The zero-order chi connectivity index (χ0) is 15.3. The minimum atomic E-state index is -0.0793. The van der Waals surface area contributed by atoms with Crippen LogP contribution in [0.15, 0.2) is 12.4 Å². The van der Waals surface area contributed by atoms with Gasteiger partial charge in [-0.1, -0.05) is 26.7 Å². The van der Waals surface area contributed by atoms with Crippen LogP contribution < -0.4 is 5.32 Å². The number of aryl methyl sites for hydroxylation is 1. The average molecular weight is 293 g/mol. The maximum Gasteiger partial charge on any atom is 0.0879 e. The number of ether oxygens (including phenoxy) is 1. The molecule has 1 saturated carbocycles. The standard InChI is InChI=1S/C17H31N3O/c1-5-18-16(15-12-19-20(6-2)13-15)17(21-7-3)10-8-9-14(4)11-17/h12-14,16,18H,5-11H2,1-4H3. The summed E-state index contributed by atoms with van der Waals surface area (Å²) < 4.78 is 8.36. The predicted octanol–water partition coefficient (Wildman–Crippen LogP) is 3.54. The number of aromatic nitrogens is 2. The van der Waals surface area contributed by atoms with Gasteiger partial charge in [0.05, 0.1) is 17.8 Å². The normalized spacial score (nSPS) is 27.7. The number of hydrogen-bond donors (Lipinski definition) is 1. The Kier molecular flexibility index (Phi) is 5.82. The fourth-order valence-electron chi connectivity index (χ4n) is 3.82. The summed E-state index contributed by atoms with van der Waals surface area (Å²) in [6.07, 6.45) is 9.03. The van der Waals surface area contributed by atoms with Gasteiger partial charge in [0.25, 0.3) is 0 Å². The molecule has 1 heterocycles. The molecule has 120 valence electrons. The largest absolute Gasteiger partial charge is 0.373 e. The van der Waals surface area contributed by atoms with E-state index >= 15 is 0 Å². The van der Waals surface area contributed by atoms with Crippen LogP contribution in [-0.2, 0) is 11.3 Å². The van der Waals surface area contributed by atoms with Crippen LogP contribution in [0.2, 0.25) is 0 Å². The maximum atomic E-state index is 6.35. The Morgan fingerprint density at radius 2 is 2.29 bits per heavy atom.